The summed E-state index contributed by atoms with van der Waals surface area (Å²) >= 11 is 3.64. The van der Waals surface area contributed by atoms with E-state index in [1.54, 1.807) is 17.7 Å². The Morgan fingerprint density at radius 1 is 0.368 bits per heavy atom. The zero-order valence-electron chi connectivity index (χ0n) is 30.6. The Kier molecular flexibility index (Phi) is 7.27. The lowest BCUT2D eigenvalue weighted by atomic mass is 9.96. The highest BCUT2D eigenvalue weighted by Crippen LogP contribution is 2.43. The molecular formula is C52H31N3S2. The number of rotatable bonds is 5. The molecule has 266 valence electrons. The number of para-hydroxylation sites is 2. The van der Waals surface area contributed by atoms with Gasteiger partial charge in [0.05, 0.1) is 26.9 Å². The Hall–Kier alpha value is -6.92. The van der Waals surface area contributed by atoms with Gasteiger partial charge in [0, 0.05) is 52.3 Å². The average Bonchev–Trinajstić information content (AvgIpc) is 3.96. The maximum Gasteiger partial charge on any atom is 0.116 e. The van der Waals surface area contributed by atoms with Crippen molar-refractivity contribution < 1.29 is 0 Å². The van der Waals surface area contributed by atoms with Crippen LogP contribution in [0.25, 0.3) is 113 Å². The van der Waals surface area contributed by atoms with Gasteiger partial charge in [-0.15, -0.1) is 22.7 Å². The van der Waals surface area contributed by atoms with Crippen molar-refractivity contribution in [3.8, 4) is 50.3 Å². The molecule has 5 heteroatoms. The summed E-state index contributed by atoms with van der Waals surface area (Å²) in [6.45, 7) is 0. The molecule has 0 atom stereocenters. The fourth-order valence-electron chi connectivity index (χ4n) is 8.67. The van der Waals surface area contributed by atoms with Gasteiger partial charge in [0.1, 0.15) is 6.33 Å². The molecule has 8 aromatic carbocycles. The van der Waals surface area contributed by atoms with Crippen LogP contribution < -0.4 is 0 Å². The summed E-state index contributed by atoms with van der Waals surface area (Å²) in [6.07, 6.45) is 1.72. The molecule has 0 saturated carbocycles. The van der Waals surface area contributed by atoms with Gasteiger partial charge in [0.15, 0.2) is 0 Å². The Bertz CT molecular complexity index is 3500. The van der Waals surface area contributed by atoms with Crippen LogP contribution in [0.1, 0.15) is 0 Å². The van der Waals surface area contributed by atoms with E-state index in [2.05, 4.69) is 187 Å². The first-order valence-corrected chi connectivity index (χ1v) is 20.8. The van der Waals surface area contributed by atoms with Crippen molar-refractivity contribution in [1.29, 1.82) is 0 Å². The summed E-state index contributed by atoms with van der Waals surface area (Å²) in [5.74, 6) is 0. The second-order valence-corrected chi connectivity index (χ2v) is 16.7. The monoisotopic (exact) mass is 761 g/mol. The van der Waals surface area contributed by atoms with Gasteiger partial charge in [-0.3, -0.25) is 0 Å². The fraction of sp³-hybridized carbons (Fsp3) is 0. The van der Waals surface area contributed by atoms with E-state index in [4.69, 9.17) is 9.97 Å². The highest BCUT2D eigenvalue weighted by Gasteiger charge is 2.17. The number of fused-ring (bicyclic) bond motifs is 9. The fourth-order valence-corrected chi connectivity index (χ4v) is 11.1. The average molecular weight is 762 g/mol. The summed E-state index contributed by atoms with van der Waals surface area (Å²) in [6, 6.07) is 66.1. The molecule has 0 radical (unpaired) electrons. The van der Waals surface area contributed by atoms with E-state index < -0.39 is 0 Å². The lowest BCUT2D eigenvalue weighted by molar-refractivity contribution is 1.18. The van der Waals surface area contributed by atoms with E-state index in [-0.39, 0.29) is 0 Å². The number of hydrogen-bond donors (Lipinski definition) is 0. The van der Waals surface area contributed by atoms with Gasteiger partial charge < -0.3 is 4.57 Å². The molecule has 12 aromatic rings. The molecular weight excluding hydrogens is 731 g/mol. The van der Waals surface area contributed by atoms with Crippen LogP contribution in [0, 0.1) is 0 Å². The molecule has 4 heterocycles. The zero-order valence-corrected chi connectivity index (χ0v) is 32.2. The minimum absolute atomic E-state index is 0.962. The summed E-state index contributed by atoms with van der Waals surface area (Å²) in [7, 11) is 0. The minimum atomic E-state index is 0.962. The smallest absolute Gasteiger partial charge is 0.116 e. The molecule has 0 amide bonds. The third-order valence-electron chi connectivity index (χ3n) is 11.3. The number of thiophene rings is 2. The number of aromatic nitrogens is 3. The summed E-state index contributed by atoms with van der Waals surface area (Å²) < 4.78 is 7.33. The van der Waals surface area contributed by atoms with E-state index in [1.807, 2.05) is 11.3 Å². The molecule has 0 aliphatic rings. The van der Waals surface area contributed by atoms with Crippen LogP contribution in [-0.2, 0) is 0 Å². The largest absolute Gasteiger partial charge is 0.309 e. The molecule has 0 fully saturated rings. The Morgan fingerprint density at radius 2 is 0.947 bits per heavy atom. The Labute approximate surface area is 336 Å². The van der Waals surface area contributed by atoms with Crippen molar-refractivity contribution in [2.24, 2.45) is 0 Å². The van der Waals surface area contributed by atoms with Gasteiger partial charge in [-0.2, -0.15) is 0 Å². The second-order valence-electron chi connectivity index (χ2n) is 14.6. The normalized spacial score (nSPS) is 11.9. The predicted octanol–water partition coefficient (Wildman–Crippen LogP) is 15.0. The maximum atomic E-state index is 4.90. The molecule has 0 N–H and O–H groups in total. The third-order valence-corrected chi connectivity index (χ3v) is 13.7. The number of benzene rings is 8. The first-order chi connectivity index (χ1) is 28.2. The van der Waals surface area contributed by atoms with Crippen LogP contribution in [0.4, 0.5) is 0 Å². The van der Waals surface area contributed by atoms with Gasteiger partial charge in [-0.05, 0) is 88.0 Å². The van der Waals surface area contributed by atoms with Crippen molar-refractivity contribution in [2.75, 3.05) is 0 Å². The molecule has 4 aromatic heterocycles. The van der Waals surface area contributed by atoms with E-state index in [1.165, 1.54) is 68.9 Å². The molecule has 0 saturated heterocycles. The summed E-state index contributed by atoms with van der Waals surface area (Å²) in [5, 5.41) is 6.32. The number of nitrogens with zero attached hydrogens (tertiary/aromatic N) is 3. The standard InChI is InChI=1S/C52H31N3S2/c1-4-22-45-40(17-1)41-18-2-5-23-46(41)55(45)38-16-9-13-34(29-38)35-25-26-48-44(30-35)50-52(57-48)49(53-31-54-50)37-15-8-12-33(28-37)32-11-7-14-36(27-32)39-20-10-21-43-42-19-3-6-24-47(42)56-51(39)43/h1-31H. The lowest BCUT2D eigenvalue weighted by Gasteiger charge is -2.10. The first-order valence-electron chi connectivity index (χ1n) is 19.1. The van der Waals surface area contributed by atoms with Crippen LogP contribution in [0.3, 0.4) is 0 Å². The second kappa shape index (κ2) is 12.8. The summed E-state index contributed by atoms with van der Waals surface area (Å²) in [4.78, 5) is 9.77. The molecule has 0 unspecified atom stereocenters. The molecule has 0 aliphatic heterocycles. The highest BCUT2D eigenvalue weighted by atomic mass is 32.1. The minimum Gasteiger partial charge on any atom is -0.309 e. The van der Waals surface area contributed by atoms with Crippen LogP contribution >= 0.6 is 22.7 Å². The number of hydrogen-bond acceptors (Lipinski definition) is 4. The molecule has 0 spiro atoms. The van der Waals surface area contributed by atoms with Gasteiger partial charge in [-0.1, -0.05) is 127 Å². The van der Waals surface area contributed by atoms with Crippen LogP contribution in [0.15, 0.2) is 188 Å². The van der Waals surface area contributed by atoms with E-state index in [0.29, 0.717) is 0 Å². The van der Waals surface area contributed by atoms with E-state index in [0.717, 1.165) is 43.7 Å². The Morgan fingerprint density at radius 3 is 1.75 bits per heavy atom. The van der Waals surface area contributed by atoms with E-state index >= 15 is 0 Å². The molecule has 57 heavy (non-hydrogen) atoms. The Balaban J connectivity index is 0.922. The van der Waals surface area contributed by atoms with Gasteiger partial charge in [0.25, 0.3) is 0 Å². The van der Waals surface area contributed by atoms with Crippen molar-refractivity contribution >= 4 is 85.0 Å². The van der Waals surface area contributed by atoms with Gasteiger partial charge in [-0.25, -0.2) is 9.97 Å². The molecule has 0 aliphatic carbocycles. The van der Waals surface area contributed by atoms with Gasteiger partial charge in [0.2, 0.25) is 0 Å². The predicted molar refractivity (Wildman–Crippen MR) is 244 cm³/mol. The maximum absolute atomic E-state index is 4.90. The topological polar surface area (TPSA) is 30.7 Å². The van der Waals surface area contributed by atoms with Crippen LogP contribution in [0.2, 0.25) is 0 Å². The SMILES string of the molecule is c1cc(-c2cccc(-c3ncnc4c3sc3ccc(-c5cccc(-n6c7ccccc7c7ccccc76)c5)cc34)c2)cc(-c2cccc3c2sc2ccccc23)c1. The van der Waals surface area contributed by atoms with E-state index in [9.17, 15) is 0 Å². The van der Waals surface area contributed by atoms with Crippen molar-refractivity contribution in [3.05, 3.63) is 188 Å². The third kappa shape index (κ3) is 5.17. The summed E-state index contributed by atoms with van der Waals surface area (Å²) in [5.41, 5.74) is 13.8. The van der Waals surface area contributed by atoms with Crippen molar-refractivity contribution in [3.63, 3.8) is 0 Å². The zero-order chi connectivity index (χ0) is 37.5. The molecule has 12 rings (SSSR count). The van der Waals surface area contributed by atoms with Crippen molar-refractivity contribution in [2.45, 2.75) is 0 Å². The van der Waals surface area contributed by atoms with Crippen LogP contribution in [0.5, 0.6) is 0 Å². The quantitative estimate of drug-likeness (QED) is 0.175. The highest BCUT2D eigenvalue weighted by molar-refractivity contribution is 7.26. The van der Waals surface area contributed by atoms with Gasteiger partial charge >= 0.3 is 0 Å². The lowest BCUT2D eigenvalue weighted by Crippen LogP contribution is -1.94. The molecule has 0 bridgehead atoms. The molecule has 3 nitrogen and oxygen atoms in total. The van der Waals surface area contributed by atoms with Crippen molar-refractivity contribution in [1.82, 2.24) is 14.5 Å². The van der Waals surface area contributed by atoms with Crippen LogP contribution in [-0.4, -0.2) is 14.5 Å². The first kappa shape index (κ1) is 32.3.